The van der Waals surface area contributed by atoms with E-state index in [9.17, 15) is 15.2 Å². The van der Waals surface area contributed by atoms with Crippen molar-refractivity contribution in [3.05, 3.63) is 27.4 Å². The highest BCUT2D eigenvalue weighted by molar-refractivity contribution is 6.29. The molecule has 0 saturated heterocycles. The monoisotopic (exact) mass is 273 g/mol. The molecule has 0 bridgehead atoms. The molecule has 0 spiro atoms. The molecule has 100 valence electrons. The fourth-order valence-corrected chi connectivity index (χ4v) is 1.82. The second-order valence-corrected chi connectivity index (χ2v) is 4.83. The SMILES string of the molecule is CC(C)CC(CO)Nc1cc([N+](=O)[O-])cc(Cl)n1. The summed E-state index contributed by atoms with van der Waals surface area (Å²) in [6.07, 6.45) is 0.735. The molecule has 0 fully saturated rings. The summed E-state index contributed by atoms with van der Waals surface area (Å²) in [5.41, 5.74) is -0.126. The predicted molar refractivity (Wildman–Crippen MR) is 69.9 cm³/mol. The standard InChI is InChI=1S/C11H16ClN3O3/c1-7(2)3-8(6-16)13-11-5-9(15(17)18)4-10(12)14-11/h4-5,7-8,16H,3,6H2,1-2H3,(H,13,14). The van der Waals surface area contributed by atoms with Crippen molar-refractivity contribution in [2.75, 3.05) is 11.9 Å². The molecule has 2 N–H and O–H groups in total. The van der Waals surface area contributed by atoms with E-state index < -0.39 is 4.92 Å². The largest absolute Gasteiger partial charge is 0.394 e. The number of anilines is 1. The molecule has 1 unspecified atom stereocenters. The molecule has 0 aliphatic rings. The third-order valence-electron chi connectivity index (χ3n) is 2.32. The average molecular weight is 274 g/mol. The van der Waals surface area contributed by atoms with Crippen molar-refractivity contribution >= 4 is 23.1 Å². The molecular formula is C11H16ClN3O3. The molecule has 0 radical (unpaired) electrons. The van der Waals surface area contributed by atoms with Gasteiger partial charge in [-0.15, -0.1) is 0 Å². The van der Waals surface area contributed by atoms with Gasteiger partial charge < -0.3 is 10.4 Å². The van der Waals surface area contributed by atoms with E-state index in [0.29, 0.717) is 11.7 Å². The molecule has 7 heteroatoms. The number of nitro groups is 1. The highest BCUT2D eigenvalue weighted by atomic mass is 35.5. The molecule has 1 atom stereocenters. The Labute approximate surface area is 110 Å². The highest BCUT2D eigenvalue weighted by Gasteiger charge is 2.14. The predicted octanol–water partition coefficient (Wildman–Crippen LogP) is 2.46. The minimum absolute atomic E-state index is 0.0490. The van der Waals surface area contributed by atoms with E-state index in [0.717, 1.165) is 6.42 Å². The highest BCUT2D eigenvalue weighted by Crippen LogP contribution is 2.21. The second kappa shape index (κ2) is 6.51. The summed E-state index contributed by atoms with van der Waals surface area (Å²) in [7, 11) is 0. The van der Waals surface area contributed by atoms with Gasteiger partial charge >= 0.3 is 0 Å². The molecule has 18 heavy (non-hydrogen) atoms. The zero-order valence-corrected chi connectivity index (χ0v) is 11.0. The zero-order valence-electron chi connectivity index (χ0n) is 10.3. The summed E-state index contributed by atoms with van der Waals surface area (Å²) in [5, 5.41) is 22.9. The van der Waals surface area contributed by atoms with Crippen LogP contribution in [0, 0.1) is 16.0 Å². The molecule has 1 heterocycles. The Morgan fingerprint density at radius 3 is 2.72 bits per heavy atom. The maximum atomic E-state index is 10.7. The van der Waals surface area contributed by atoms with Crippen LogP contribution >= 0.6 is 11.6 Å². The molecule has 0 aliphatic carbocycles. The molecule has 1 aromatic rings. The van der Waals surface area contributed by atoms with Crippen LogP contribution in [-0.2, 0) is 0 Å². The molecular weight excluding hydrogens is 258 g/mol. The number of rotatable bonds is 6. The first-order valence-corrected chi connectivity index (χ1v) is 5.99. The zero-order chi connectivity index (χ0) is 13.7. The summed E-state index contributed by atoms with van der Waals surface area (Å²) < 4.78 is 0. The lowest BCUT2D eigenvalue weighted by Crippen LogP contribution is -2.26. The topological polar surface area (TPSA) is 88.3 Å². The van der Waals surface area contributed by atoms with Crippen molar-refractivity contribution in [3.8, 4) is 0 Å². The molecule has 6 nitrogen and oxygen atoms in total. The quantitative estimate of drug-likeness (QED) is 0.472. The van der Waals surface area contributed by atoms with Crippen molar-refractivity contribution in [1.82, 2.24) is 4.98 Å². The van der Waals surface area contributed by atoms with Crippen LogP contribution in [0.4, 0.5) is 11.5 Å². The smallest absolute Gasteiger partial charge is 0.276 e. The van der Waals surface area contributed by atoms with Gasteiger partial charge in [0.25, 0.3) is 5.69 Å². The van der Waals surface area contributed by atoms with E-state index >= 15 is 0 Å². The lowest BCUT2D eigenvalue weighted by Gasteiger charge is -2.18. The Balaban J connectivity index is 2.85. The van der Waals surface area contributed by atoms with Gasteiger partial charge in [0.1, 0.15) is 11.0 Å². The van der Waals surface area contributed by atoms with Gasteiger partial charge in [-0.2, -0.15) is 0 Å². The van der Waals surface area contributed by atoms with Gasteiger partial charge in [-0.05, 0) is 12.3 Å². The van der Waals surface area contributed by atoms with E-state index in [-0.39, 0.29) is 23.5 Å². The maximum absolute atomic E-state index is 10.7. The van der Waals surface area contributed by atoms with Gasteiger partial charge in [-0.1, -0.05) is 25.4 Å². The van der Waals surface area contributed by atoms with Crippen LogP contribution in [0.3, 0.4) is 0 Å². The van der Waals surface area contributed by atoms with Crippen LogP contribution in [-0.4, -0.2) is 27.7 Å². The molecule has 0 aromatic carbocycles. The van der Waals surface area contributed by atoms with Gasteiger partial charge in [0.05, 0.1) is 29.7 Å². The van der Waals surface area contributed by atoms with E-state index in [1.165, 1.54) is 12.1 Å². The van der Waals surface area contributed by atoms with Gasteiger partial charge in [0.2, 0.25) is 0 Å². The Bertz CT molecular complexity index is 426. The number of nitrogens with one attached hydrogen (secondary N) is 1. The summed E-state index contributed by atoms with van der Waals surface area (Å²) in [6.45, 7) is 3.98. The van der Waals surface area contributed by atoms with Crippen LogP contribution in [0.1, 0.15) is 20.3 Å². The maximum Gasteiger partial charge on any atom is 0.276 e. The second-order valence-electron chi connectivity index (χ2n) is 4.44. The summed E-state index contributed by atoms with van der Waals surface area (Å²) in [5.74, 6) is 0.692. The first-order chi connectivity index (χ1) is 8.42. The molecule has 1 aromatic heterocycles. The number of aliphatic hydroxyl groups excluding tert-OH is 1. The number of hydrogen-bond acceptors (Lipinski definition) is 5. The molecule has 1 rings (SSSR count). The van der Waals surface area contributed by atoms with E-state index in [1.807, 2.05) is 13.8 Å². The van der Waals surface area contributed by atoms with Gasteiger partial charge in [-0.25, -0.2) is 4.98 Å². The summed E-state index contributed by atoms with van der Waals surface area (Å²) >= 11 is 5.71. The van der Waals surface area contributed by atoms with Crippen molar-refractivity contribution in [3.63, 3.8) is 0 Å². The lowest BCUT2D eigenvalue weighted by molar-refractivity contribution is -0.384. The van der Waals surface area contributed by atoms with Crippen molar-refractivity contribution < 1.29 is 10.0 Å². The fourth-order valence-electron chi connectivity index (χ4n) is 1.62. The minimum atomic E-state index is -0.533. The van der Waals surface area contributed by atoms with Crippen LogP contribution in [0.2, 0.25) is 5.15 Å². The third kappa shape index (κ3) is 4.46. The number of halogens is 1. The fraction of sp³-hybridized carbons (Fsp3) is 0.545. The molecule has 0 aliphatic heterocycles. The van der Waals surface area contributed by atoms with Crippen molar-refractivity contribution in [2.24, 2.45) is 5.92 Å². The lowest BCUT2D eigenvalue weighted by atomic mass is 10.0. The van der Waals surface area contributed by atoms with Crippen molar-refractivity contribution in [2.45, 2.75) is 26.3 Å². The average Bonchev–Trinajstić information content (AvgIpc) is 2.26. The number of nitrogens with zero attached hydrogens (tertiary/aromatic N) is 2. The Morgan fingerprint density at radius 1 is 1.56 bits per heavy atom. The van der Waals surface area contributed by atoms with Gasteiger partial charge in [0.15, 0.2) is 0 Å². The summed E-state index contributed by atoms with van der Waals surface area (Å²) in [6, 6.07) is 2.29. The normalized spacial score (nSPS) is 12.5. The van der Waals surface area contributed by atoms with Gasteiger partial charge in [-0.3, -0.25) is 10.1 Å². The minimum Gasteiger partial charge on any atom is -0.394 e. The number of pyridine rings is 1. The third-order valence-corrected chi connectivity index (χ3v) is 2.51. The van der Waals surface area contributed by atoms with E-state index in [1.54, 1.807) is 0 Å². The van der Waals surface area contributed by atoms with Crippen LogP contribution in [0.15, 0.2) is 12.1 Å². The number of aliphatic hydroxyl groups is 1. The molecule has 0 amide bonds. The first-order valence-electron chi connectivity index (χ1n) is 5.61. The van der Waals surface area contributed by atoms with E-state index in [2.05, 4.69) is 10.3 Å². The van der Waals surface area contributed by atoms with Crippen LogP contribution in [0.25, 0.3) is 0 Å². The van der Waals surface area contributed by atoms with Gasteiger partial charge in [0, 0.05) is 0 Å². The Hall–Kier alpha value is -1.40. The molecule has 0 saturated carbocycles. The van der Waals surface area contributed by atoms with Crippen molar-refractivity contribution in [1.29, 1.82) is 0 Å². The van der Waals surface area contributed by atoms with Crippen LogP contribution < -0.4 is 5.32 Å². The Kier molecular flexibility index (Phi) is 5.30. The van der Waals surface area contributed by atoms with Crippen LogP contribution in [0.5, 0.6) is 0 Å². The first kappa shape index (κ1) is 14.7. The number of hydrogen-bond donors (Lipinski definition) is 2. The summed E-state index contributed by atoms with van der Waals surface area (Å²) in [4.78, 5) is 14.1. The van der Waals surface area contributed by atoms with E-state index in [4.69, 9.17) is 11.6 Å². The Morgan fingerprint density at radius 2 is 2.22 bits per heavy atom. The number of aromatic nitrogens is 1.